The third-order valence-corrected chi connectivity index (χ3v) is 11.9. The van der Waals surface area contributed by atoms with E-state index in [2.05, 4.69) is 27.0 Å². The fraction of sp³-hybridized carbons (Fsp3) is 0.441. The van der Waals surface area contributed by atoms with Crippen LogP contribution in [0.25, 0.3) is 11.0 Å². The zero-order valence-electron chi connectivity index (χ0n) is 26.5. The number of benzene rings is 2. The average Bonchev–Trinajstić information content (AvgIpc) is 3.47. The molecule has 0 atom stereocenters. The number of carbonyl (C=O) groups is 1. The van der Waals surface area contributed by atoms with E-state index in [0.717, 1.165) is 57.4 Å². The van der Waals surface area contributed by atoms with E-state index in [-0.39, 0.29) is 12.5 Å². The number of amides is 1. The molecule has 2 aliphatic heterocycles. The van der Waals surface area contributed by atoms with E-state index in [0.29, 0.717) is 50.5 Å². The first-order chi connectivity index (χ1) is 21.6. The molecule has 10 nitrogen and oxygen atoms in total. The van der Waals surface area contributed by atoms with Crippen LogP contribution in [0.3, 0.4) is 0 Å². The lowest BCUT2D eigenvalue weighted by molar-refractivity contribution is 0.0516. The molecule has 1 spiro atoms. The Labute approximate surface area is 265 Å². The number of hydrogen-bond acceptors (Lipinski definition) is 7. The van der Waals surface area contributed by atoms with Crippen LogP contribution in [0, 0.1) is 19.3 Å². The zero-order chi connectivity index (χ0) is 31.8. The number of ether oxygens (including phenoxy) is 1. The van der Waals surface area contributed by atoms with E-state index in [1.54, 1.807) is 40.1 Å². The van der Waals surface area contributed by atoms with E-state index in [1.807, 2.05) is 35.5 Å². The van der Waals surface area contributed by atoms with Crippen molar-refractivity contribution in [2.45, 2.75) is 50.8 Å². The van der Waals surface area contributed by atoms with E-state index < -0.39 is 10.0 Å². The molecule has 0 unspecified atom stereocenters. The number of likely N-dealkylation sites (N-methyl/N-ethyl adjacent to an activating group) is 1. The van der Waals surface area contributed by atoms with Crippen LogP contribution in [0.5, 0.6) is 5.75 Å². The highest BCUT2D eigenvalue weighted by atomic mass is 32.2. The number of H-pyrrole nitrogens is 1. The van der Waals surface area contributed by atoms with Crippen molar-refractivity contribution in [2.75, 3.05) is 51.8 Å². The van der Waals surface area contributed by atoms with E-state index in [1.165, 1.54) is 9.99 Å². The number of likely N-dealkylation sites (tertiary alicyclic amines) is 1. The second kappa shape index (κ2) is 12.4. The van der Waals surface area contributed by atoms with Gasteiger partial charge in [0.2, 0.25) is 10.0 Å². The molecule has 4 aromatic rings. The average molecular weight is 631 g/mol. The second-order valence-electron chi connectivity index (χ2n) is 12.5. The van der Waals surface area contributed by atoms with Gasteiger partial charge in [0.05, 0.1) is 23.1 Å². The number of piperidine rings is 2. The molecule has 238 valence electrons. The van der Waals surface area contributed by atoms with Gasteiger partial charge >= 0.3 is 0 Å². The third-order valence-electron chi connectivity index (χ3n) is 9.76. The van der Waals surface area contributed by atoms with Crippen LogP contribution in [0.2, 0.25) is 0 Å². The molecular weight excluding hydrogens is 588 g/mol. The Bertz CT molecular complexity index is 1760. The summed E-state index contributed by atoms with van der Waals surface area (Å²) in [5.41, 5.74) is 4.81. The summed E-state index contributed by atoms with van der Waals surface area (Å²) in [7, 11) is -0.568. The van der Waals surface area contributed by atoms with Crippen molar-refractivity contribution in [1.82, 2.24) is 24.2 Å². The first-order valence-corrected chi connectivity index (χ1v) is 17.1. The van der Waals surface area contributed by atoms with Gasteiger partial charge in [-0.15, -0.1) is 0 Å². The van der Waals surface area contributed by atoms with Gasteiger partial charge in [0.15, 0.2) is 0 Å². The highest BCUT2D eigenvalue weighted by molar-refractivity contribution is 7.89. The first kappa shape index (κ1) is 31.0. The van der Waals surface area contributed by atoms with Crippen LogP contribution >= 0.6 is 0 Å². The van der Waals surface area contributed by atoms with Gasteiger partial charge in [-0.3, -0.25) is 9.78 Å². The maximum absolute atomic E-state index is 13.8. The maximum Gasteiger partial charge on any atom is 0.256 e. The summed E-state index contributed by atoms with van der Waals surface area (Å²) < 4.78 is 33.6. The summed E-state index contributed by atoms with van der Waals surface area (Å²) in [5, 5.41) is 0. The second-order valence-corrected chi connectivity index (χ2v) is 14.5. The van der Waals surface area contributed by atoms with Gasteiger partial charge < -0.3 is 19.5 Å². The number of fused-ring (bicyclic) bond motifs is 1. The lowest BCUT2D eigenvalue weighted by Gasteiger charge is -2.47. The Hall–Kier alpha value is -3.96. The molecule has 2 aromatic carbocycles. The largest absolute Gasteiger partial charge is 0.497 e. The van der Waals surface area contributed by atoms with Crippen molar-refractivity contribution in [3.05, 3.63) is 77.4 Å². The smallest absolute Gasteiger partial charge is 0.256 e. The third kappa shape index (κ3) is 6.15. The number of imidazole rings is 1. The van der Waals surface area contributed by atoms with E-state index >= 15 is 0 Å². The number of aromatic nitrogens is 3. The van der Waals surface area contributed by atoms with Crippen molar-refractivity contribution in [1.29, 1.82) is 0 Å². The monoisotopic (exact) mass is 630 g/mol. The van der Waals surface area contributed by atoms with E-state index in [4.69, 9.17) is 9.72 Å². The molecule has 2 aliphatic rings. The van der Waals surface area contributed by atoms with Gasteiger partial charge in [-0.1, -0.05) is 6.07 Å². The van der Waals surface area contributed by atoms with Gasteiger partial charge in [0.25, 0.3) is 5.91 Å². The SMILES string of the molecule is COc1cc(C)c(S(=O)(=O)N(C)CCc2nc3c(C(=O)N4CCC5(CC4)CCN(c4ccncc4)CC5)cccc3[nH]2)c(C)c1. The Morgan fingerprint density at radius 2 is 1.64 bits per heavy atom. The quantitative estimate of drug-likeness (QED) is 0.293. The fourth-order valence-corrected chi connectivity index (χ4v) is 8.57. The number of para-hydroxylation sites is 1. The van der Waals surface area contributed by atoms with Crippen LogP contribution in [-0.2, 0) is 16.4 Å². The topological polar surface area (TPSA) is 112 Å². The Balaban J connectivity index is 1.09. The number of carbonyl (C=O) groups excluding carboxylic acids is 1. The summed E-state index contributed by atoms with van der Waals surface area (Å²) in [6, 6.07) is 13.3. The van der Waals surface area contributed by atoms with Crippen LogP contribution in [0.4, 0.5) is 5.69 Å². The van der Waals surface area contributed by atoms with E-state index in [9.17, 15) is 13.2 Å². The molecule has 1 N–H and O–H groups in total. The summed E-state index contributed by atoms with van der Waals surface area (Å²) in [6.45, 7) is 7.35. The minimum atomic E-state index is -3.72. The number of nitrogens with zero attached hydrogens (tertiary/aromatic N) is 5. The summed E-state index contributed by atoms with van der Waals surface area (Å²) >= 11 is 0. The van der Waals surface area contributed by atoms with Crippen molar-refractivity contribution >= 4 is 32.7 Å². The normalized spacial score (nSPS) is 16.9. The standard InChI is InChI=1S/C34H42N6O4S/c1-24-22-27(44-4)23-25(2)32(24)45(42,43)38(3)17-10-30-36-29-7-5-6-28(31(29)37-30)33(41)40-20-13-34(14-21-40)11-18-39(19-12-34)26-8-15-35-16-9-26/h5-9,15-16,22-23H,10-14,17-21H2,1-4H3,(H,36,37). The van der Waals surface area contributed by atoms with Gasteiger partial charge in [-0.2, -0.15) is 0 Å². The summed E-state index contributed by atoms with van der Waals surface area (Å²) in [5.74, 6) is 1.28. The molecule has 45 heavy (non-hydrogen) atoms. The molecule has 2 saturated heterocycles. The molecular formula is C34H42N6O4S. The van der Waals surface area contributed by atoms with Gasteiger partial charge in [0, 0.05) is 64.3 Å². The minimum absolute atomic E-state index is 0.00729. The van der Waals surface area contributed by atoms with Crippen molar-refractivity contribution in [3.8, 4) is 5.75 Å². The molecule has 11 heteroatoms. The number of sulfonamides is 1. The van der Waals surface area contributed by atoms with Crippen LogP contribution < -0.4 is 9.64 Å². The molecule has 0 aliphatic carbocycles. The van der Waals surface area contributed by atoms with Crippen molar-refractivity contribution < 1.29 is 17.9 Å². The molecule has 1 amide bonds. The Morgan fingerprint density at radius 3 is 2.29 bits per heavy atom. The predicted octanol–water partition coefficient (Wildman–Crippen LogP) is 4.97. The van der Waals surface area contributed by atoms with Gasteiger partial charge in [0.1, 0.15) is 17.1 Å². The highest BCUT2D eigenvalue weighted by Gasteiger charge is 2.39. The highest BCUT2D eigenvalue weighted by Crippen LogP contribution is 2.42. The Kier molecular flexibility index (Phi) is 8.58. The molecule has 0 radical (unpaired) electrons. The van der Waals surface area contributed by atoms with Crippen molar-refractivity contribution in [3.63, 3.8) is 0 Å². The summed E-state index contributed by atoms with van der Waals surface area (Å²) in [6.07, 6.45) is 8.38. The number of anilines is 1. The Morgan fingerprint density at radius 1 is 1.00 bits per heavy atom. The lowest BCUT2D eigenvalue weighted by Crippen LogP contribution is -2.48. The molecule has 4 heterocycles. The maximum atomic E-state index is 13.8. The van der Waals surface area contributed by atoms with Gasteiger partial charge in [-0.05, 0) is 92.5 Å². The number of aryl methyl sites for hydroxylation is 2. The van der Waals surface area contributed by atoms with Crippen molar-refractivity contribution in [2.24, 2.45) is 5.41 Å². The van der Waals surface area contributed by atoms with Crippen LogP contribution in [-0.4, -0.2) is 85.4 Å². The molecule has 2 aromatic heterocycles. The number of pyridine rings is 1. The number of methoxy groups -OCH3 is 1. The lowest BCUT2D eigenvalue weighted by atomic mass is 9.71. The molecule has 2 fully saturated rings. The number of rotatable bonds is 8. The van der Waals surface area contributed by atoms with Crippen LogP contribution in [0.15, 0.2) is 59.8 Å². The molecule has 0 saturated carbocycles. The number of hydrogen-bond donors (Lipinski definition) is 1. The van der Waals surface area contributed by atoms with Gasteiger partial charge in [-0.25, -0.2) is 17.7 Å². The number of aromatic amines is 1. The predicted molar refractivity (Wildman–Crippen MR) is 175 cm³/mol. The zero-order valence-corrected chi connectivity index (χ0v) is 27.4. The fourth-order valence-electron chi connectivity index (χ4n) is 7.00. The first-order valence-electron chi connectivity index (χ1n) is 15.6. The number of nitrogens with one attached hydrogen (secondary N) is 1. The summed E-state index contributed by atoms with van der Waals surface area (Å²) in [4.78, 5) is 30.7. The molecule has 0 bridgehead atoms. The van der Waals surface area contributed by atoms with Crippen LogP contribution in [0.1, 0.15) is 53.0 Å². The molecule has 6 rings (SSSR count). The minimum Gasteiger partial charge on any atom is -0.497 e.